The molecule has 0 amide bonds. The third-order valence-electron chi connectivity index (χ3n) is 2.70. The molecule has 0 aliphatic rings. The van der Waals surface area contributed by atoms with Crippen molar-refractivity contribution in [2.75, 3.05) is 33.5 Å². The van der Waals surface area contributed by atoms with Crippen LogP contribution in [0.5, 0.6) is 0 Å². The van der Waals surface area contributed by atoms with E-state index in [2.05, 4.69) is 23.5 Å². The number of aryl methyl sites for hydroxylation is 2. The SMILES string of the molecule is CCc1nn(C)cc1CNCCOCCCOC. The summed E-state index contributed by atoms with van der Waals surface area (Å²) >= 11 is 0. The summed E-state index contributed by atoms with van der Waals surface area (Å²) in [5.74, 6) is 0. The first-order chi connectivity index (χ1) is 8.77. The fourth-order valence-electron chi connectivity index (χ4n) is 1.80. The lowest BCUT2D eigenvalue weighted by molar-refractivity contribution is 0.104. The van der Waals surface area contributed by atoms with Gasteiger partial charge in [0, 0.05) is 52.2 Å². The van der Waals surface area contributed by atoms with Crippen LogP contribution in [0.15, 0.2) is 6.20 Å². The zero-order valence-corrected chi connectivity index (χ0v) is 11.7. The van der Waals surface area contributed by atoms with E-state index in [9.17, 15) is 0 Å². The molecule has 0 aliphatic heterocycles. The van der Waals surface area contributed by atoms with E-state index in [0.29, 0.717) is 0 Å². The molecule has 18 heavy (non-hydrogen) atoms. The average Bonchev–Trinajstić information content (AvgIpc) is 2.73. The molecule has 104 valence electrons. The lowest BCUT2D eigenvalue weighted by Crippen LogP contribution is -2.20. The number of methoxy groups -OCH3 is 1. The second-order valence-corrected chi connectivity index (χ2v) is 4.26. The molecular weight excluding hydrogens is 230 g/mol. The topological polar surface area (TPSA) is 48.3 Å². The number of hydrogen-bond donors (Lipinski definition) is 1. The Morgan fingerprint density at radius 3 is 2.89 bits per heavy atom. The first kappa shape index (κ1) is 15.1. The Hall–Kier alpha value is -0.910. The van der Waals surface area contributed by atoms with Gasteiger partial charge in [-0.1, -0.05) is 6.92 Å². The second kappa shape index (κ2) is 9.08. The van der Waals surface area contributed by atoms with E-state index >= 15 is 0 Å². The largest absolute Gasteiger partial charge is 0.385 e. The van der Waals surface area contributed by atoms with Crippen LogP contribution in [0.3, 0.4) is 0 Å². The van der Waals surface area contributed by atoms with Crippen molar-refractivity contribution in [1.29, 1.82) is 0 Å². The highest BCUT2D eigenvalue weighted by Crippen LogP contribution is 2.06. The van der Waals surface area contributed by atoms with Gasteiger partial charge in [-0.15, -0.1) is 0 Å². The molecule has 0 unspecified atom stereocenters. The Bertz CT molecular complexity index is 326. The predicted molar refractivity (Wildman–Crippen MR) is 71.6 cm³/mol. The van der Waals surface area contributed by atoms with Gasteiger partial charge in [0.05, 0.1) is 12.3 Å². The fraction of sp³-hybridized carbons (Fsp3) is 0.769. The quantitative estimate of drug-likeness (QED) is 0.637. The number of aromatic nitrogens is 2. The molecule has 0 aliphatic carbocycles. The van der Waals surface area contributed by atoms with Crippen LogP contribution in [0.1, 0.15) is 24.6 Å². The zero-order valence-electron chi connectivity index (χ0n) is 11.7. The molecule has 5 nitrogen and oxygen atoms in total. The highest BCUT2D eigenvalue weighted by molar-refractivity contribution is 5.16. The molecule has 1 aromatic rings. The number of nitrogens with one attached hydrogen (secondary N) is 1. The molecule has 0 saturated heterocycles. The molecule has 0 radical (unpaired) electrons. The summed E-state index contributed by atoms with van der Waals surface area (Å²) in [6.07, 6.45) is 4.01. The van der Waals surface area contributed by atoms with Gasteiger partial charge in [0.2, 0.25) is 0 Å². The number of hydrogen-bond acceptors (Lipinski definition) is 4. The van der Waals surface area contributed by atoms with E-state index in [-0.39, 0.29) is 0 Å². The Morgan fingerprint density at radius 2 is 2.17 bits per heavy atom. The third-order valence-corrected chi connectivity index (χ3v) is 2.70. The van der Waals surface area contributed by atoms with Crippen molar-refractivity contribution in [1.82, 2.24) is 15.1 Å². The molecule has 0 saturated carbocycles. The summed E-state index contributed by atoms with van der Waals surface area (Å²) in [5, 5.41) is 7.78. The smallest absolute Gasteiger partial charge is 0.0666 e. The first-order valence-corrected chi connectivity index (χ1v) is 6.56. The summed E-state index contributed by atoms with van der Waals surface area (Å²) in [5.41, 5.74) is 2.45. The zero-order chi connectivity index (χ0) is 13.2. The van der Waals surface area contributed by atoms with Crippen LogP contribution >= 0.6 is 0 Å². The van der Waals surface area contributed by atoms with Gasteiger partial charge in [0.25, 0.3) is 0 Å². The highest BCUT2D eigenvalue weighted by Gasteiger charge is 2.04. The van der Waals surface area contributed by atoms with E-state index in [4.69, 9.17) is 9.47 Å². The van der Waals surface area contributed by atoms with Crippen LogP contribution in [-0.2, 0) is 29.5 Å². The number of nitrogens with zero attached hydrogens (tertiary/aromatic N) is 2. The van der Waals surface area contributed by atoms with Crippen molar-refractivity contribution in [2.24, 2.45) is 7.05 Å². The molecule has 0 spiro atoms. The lowest BCUT2D eigenvalue weighted by atomic mass is 10.2. The van der Waals surface area contributed by atoms with Crippen molar-refractivity contribution >= 4 is 0 Å². The van der Waals surface area contributed by atoms with Crippen LogP contribution < -0.4 is 5.32 Å². The van der Waals surface area contributed by atoms with Gasteiger partial charge in [-0.05, 0) is 12.8 Å². The molecule has 0 fully saturated rings. The normalized spacial score (nSPS) is 11.1. The predicted octanol–water partition coefficient (Wildman–Crippen LogP) is 1.13. The van der Waals surface area contributed by atoms with Gasteiger partial charge in [-0.25, -0.2) is 0 Å². The van der Waals surface area contributed by atoms with Crippen molar-refractivity contribution in [3.05, 3.63) is 17.5 Å². The van der Waals surface area contributed by atoms with E-state index in [0.717, 1.165) is 45.8 Å². The molecule has 0 aromatic carbocycles. The van der Waals surface area contributed by atoms with Gasteiger partial charge >= 0.3 is 0 Å². The minimum absolute atomic E-state index is 0.742. The van der Waals surface area contributed by atoms with Gasteiger partial charge in [0.1, 0.15) is 0 Å². The summed E-state index contributed by atoms with van der Waals surface area (Å²) in [7, 11) is 3.67. The van der Waals surface area contributed by atoms with Gasteiger partial charge < -0.3 is 14.8 Å². The van der Waals surface area contributed by atoms with Crippen molar-refractivity contribution in [3.63, 3.8) is 0 Å². The van der Waals surface area contributed by atoms with Crippen LogP contribution in [0.4, 0.5) is 0 Å². The first-order valence-electron chi connectivity index (χ1n) is 6.56. The monoisotopic (exact) mass is 255 g/mol. The lowest BCUT2D eigenvalue weighted by Gasteiger charge is -2.05. The Morgan fingerprint density at radius 1 is 1.33 bits per heavy atom. The van der Waals surface area contributed by atoms with E-state index in [1.165, 1.54) is 11.3 Å². The van der Waals surface area contributed by atoms with Crippen molar-refractivity contribution in [2.45, 2.75) is 26.3 Å². The van der Waals surface area contributed by atoms with E-state index in [1.54, 1.807) is 7.11 Å². The highest BCUT2D eigenvalue weighted by atomic mass is 16.5. The van der Waals surface area contributed by atoms with Crippen LogP contribution in [0.25, 0.3) is 0 Å². The number of rotatable bonds is 10. The Kier molecular flexibility index (Phi) is 7.64. The molecule has 0 atom stereocenters. The van der Waals surface area contributed by atoms with E-state index in [1.807, 2.05) is 11.7 Å². The minimum Gasteiger partial charge on any atom is -0.385 e. The molecule has 1 N–H and O–H groups in total. The maximum Gasteiger partial charge on any atom is 0.0666 e. The van der Waals surface area contributed by atoms with Gasteiger partial charge in [-0.2, -0.15) is 5.10 Å². The van der Waals surface area contributed by atoms with Gasteiger partial charge in [0.15, 0.2) is 0 Å². The van der Waals surface area contributed by atoms with Crippen LogP contribution in [0.2, 0.25) is 0 Å². The summed E-state index contributed by atoms with van der Waals surface area (Å²) in [4.78, 5) is 0. The summed E-state index contributed by atoms with van der Waals surface area (Å²) in [6, 6.07) is 0. The average molecular weight is 255 g/mol. The van der Waals surface area contributed by atoms with Crippen LogP contribution in [0, 0.1) is 0 Å². The molecular formula is C13H25N3O2. The van der Waals surface area contributed by atoms with E-state index < -0.39 is 0 Å². The molecule has 5 heteroatoms. The second-order valence-electron chi connectivity index (χ2n) is 4.26. The van der Waals surface area contributed by atoms with Crippen molar-refractivity contribution in [3.8, 4) is 0 Å². The maximum absolute atomic E-state index is 5.47. The maximum atomic E-state index is 5.47. The molecule has 1 heterocycles. The standard InChI is InChI=1S/C13H25N3O2/c1-4-13-12(11-16(2)15-13)10-14-6-9-18-8-5-7-17-3/h11,14H,4-10H2,1-3H3. The Balaban J connectivity index is 2.06. The molecule has 0 bridgehead atoms. The van der Waals surface area contributed by atoms with Crippen LogP contribution in [-0.4, -0.2) is 43.3 Å². The summed E-state index contributed by atoms with van der Waals surface area (Å²) in [6.45, 7) is 6.13. The minimum atomic E-state index is 0.742. The molecule has 1 aromatic heterocycles. The molecule has 1 rings (SSSR count). The Labute approximate surface area is 109 Å². The summed E-state index contributed by atoms with van der Waals surface area (Å²) < 4.78 is 12.3. The van der Waals surface area contributed by atoms with Crippen molar-refractivity contribution < 1.29 is 9.47 Å². The van der Waals surface area contributed by atoms with Gasteiger partial charge in [-0.3, -0.25) is 4.68 Å². The third kappa shape index (κ3) is 5.62. The number of ether oxygens (including phenoxy) is 2. The fourth-order valence-corrected chi connectivity index (χ4v) is 1.80.